The molecular weight excluding hydrogens is 350 g/mol. The van der Waals surface area contributed by atoms with Gasteiger partial charge in [0.1, 0.15) is 12.3 Å². The molecule has 1 aromatic carbocycles. The number of amides is 1. The molecule has 7 N–H and O–H groups in total. The van der Waals surface area contributed by atoms with E-state index in [-0.39, 0.29) is 22.6 Å². The zero-order valence-electron chi connectivity index (χ0n) is 13.7. The van der Waals surface area contributed by atoms with Gasteiger partial charge in [-0.3, -0.25) is 9.48 Å². The molecule has 0 saturated carbocycles. The largest absolute Gasteiger partial charge is 0.595 e. The number of hydrogen-bond acceptors (Lipinski definition) is 8. The van der Waals surface area contributed by atoms with Crippen LogP contribution < -0.4 is 15.8 Å². The number of hydrogen-bond donors (Lipinski definition) is 7. The second-order valence-corrected chi connectivity index (χ2v) is 5.47. The summed E-state index contributed by atoms with van der Waals surface area (Å²) >= 11 is 0. The van der Waals surface area contributed by atoms with Crippen LogP contribution in [0, 0.1) is 10.4 Å². The van der Waals surface area contributed by atoms with Crippen molar-refractivity contribution in [3.63, 3.8) is 0 Å². The normalized spacial score (nSPS) is 16.0. The molecule has 4 atom stereocenters. The fourth-order valence-electron chi connectivity index (χ4n) is 2.38. The van der Waals surface area contributed by atoms with Crippen molar-refractivity contribution in [2.24, 2.45) is 7.05 Å². The number of nitrogens with zero attached hydrogens (tertiary/aromatic N) is 2. The Kier molecular flexibility index (Phi) is 6.36. The topological polar surface area (TPSA) is 183 Å². The lowest BCUT2D eigenvalue weighted by atomic mass is 10.0. The highest BCUT2D eigenvalue weighted by Gasteiger charge is 2.28. The van der Waals surface area contributed by atoms with Crippen molar-refractivity contribution in [1.29, 1.82) is 0 Å². The van der Waals surface area contributed by atoms with Gasteiger partial charge in [0.2, 0.25) is 5.69 Å². The molecule has 0 bridgehead atoms. The molecule has 0 saturated heterocycles. The molecule has 1 aromatic heterocycles. The standard InChI is InChI=1S/C14H19N5O7/c1-17-12(11(6-15-17)19(25)26)14(22)16-10(7-20)13(21)8-2-4-9(5-3-8)18(23)24/h2-6,10,13,18-21,23,25H,7H2,1H3,(H,16,22). The van der Waals surface area contributed by atoms with Crippen LogP contribution in [0.3, 0.4) is 0 Å². The molecule has 12 heteroatoms. The zero-order valence-corrected chi connectivity index (χ0v) is 13.7. The van der Waals surface area contributed by atoms with Gasteiger partial charge in [-0.25, -0.2) is 10.4 Å². The summed E-state index contributed by atoms with van der Waals surface area (Å²) in [5, 5.41) is 63.4. The van der Waals surface area contributed by atoms with E-state index in [1.807, 2.05) is 0 Å². The van der Waals surface area contributed by atoms with Crippen molar-refractivity contribution in [1.82, 2.24) is 15.1 Å². The zero-order chi connectivity index (χ0) is 19.4. The molecule has 0 spiro atoms. The van der Waals surface area contributed by atoms with Gasteiger partial charge in [-0.15, -0.1) is 0 Å². The first-order valence-corrected chi connectivity index (χ1v) is 7.44. The summed E-state index contributed by atoms with van der Waals surface area (Å²) in [4.78, 5) is 12.4. The number of aromatic nitrogens is 2. The van der Waals surface area contributed by atoms with Gasteiger partial charge in [-0.1, -0.05) is 12.1 Å². The van der Waals surface area contributed by atoms with Gasteiger partial charge in [0.05, 0.1) is 12.6 Å². The first-order chi connectivity index (χ1) is 12.3. The second kappa shape index (κ2) is 8.31. The first kappa shape index (κ1) is 19.9. The summed E-state index contributed by atoms with van der Waals surface area (Å²) in [5.74, 6) is -0.831. The van der Waals surface area contributed by atoms with Crippen molar-refractivity contribution in [3.05, 3.63) is 52.1 Å². The maximum absolute atomic E-state index is 12.4. The molecule has 0 fully saturated rings. The van der Waals surface area contributed by atoms with E-state index in [4.69, 9.17) is 10.4 Å². The third-order valence-corrected chi connectivity index (χ3v) is 3.78. The molecular formula is C14H19N5O7. The van der Waals surface area contributed by atoms with Crippen molar-refractivity contribution in [2.75, 3.05) is 6.61 Å². The van der Waals surface area contributed by atoms with Crippen LogP contribution in [0.5, 0.6) is 0 Å². The predicted molar refractivity (Wildman–Crippen MR) is 84.5 cm³/mol. The van der Waals surface area contributed by atoms with Crippen LogP contribution in [0.2, 0.25) is 0 Å². The van der Waals surface area contributed by atoms with Gasteiger partial charge in [-0.2, -0.15) is 15.6 Å². The van der Waals surface area contributed by atoms with Crippen LogP contribution in [0.25, 0.3) is 0 Å². The highest BCUT2D eigenvalue weighted by atomic mass is 16.8. The smallest absolute Gasteiger partial charge is 0.276 e. The Morgan fingerprint density at radius 3 is 2.38 bits per heavy atom. The Morgan fingerprint density at radius 2 is 1.88 bits per heavy atom. The number of quaternary nitrogens is 2. The van der Waals surface area contributed by atoms with Crippen LogP contribution in [0.4, 0.5) is 11.4 Å². The lowest BCUT2D eigenvalue weighted by molar-refractivity contribution is -0.991. The number of benzene rings is 1. The Labute approximate surface area is 147 Å². The molecule has 142 valence electrons. The van der Waals surface area contributed by atoms with Crippen LogP contribution in [0.1, 0.15) is 22.2 Å². The number of carbonyl (C=O) groups excluding carboxylic acids is 1. The Hall–Kier alpha value is -2.42. The van der Waals surface area contributed by atoms with Gasteiger partial charge >= 0.3 is 0 Å². The summed E-state index contributed by atoms with van der Waals surface area (Å²) in [7, 11) is 1.39. The monoisotopic (exact) mass is 369 g/mol. The number of aliphatic hydroxyl groups excluding tert-OH is 2. The Morgan fingerprint density at radius 1 is 1.27 bits per heavy atom. The minimum absolute atomic E-state index is 0.0199. The molecule has 1 heterocycles. The molecule has 0 aliphatic rings. The molecule has 12 nitrogen and oxygen atoms in total. The highest BCUT2D eigenvalue weighted by molar-refractivity contribution is 5.96. The second-order valence-electron chi connectivity index (χ2n) is 5.47. The van der Waals surface area contributed by atoms with E-state index in [1.165, 1.54) is 31.3 Å². The van der Waals surface area contributed by atoms with Crippen molar-refractivity contribution >= 4 is 17.3 Å². The molecule has 1 amide bonds. The number of aliphatic hydroxyl groups is 2. The van der Waals surface area contributed by atoms with Crippen molar-refractivity contribution in [2.45, 2.75) is 12.1 Å². The maximum Gasteiger partial charge on any atom is 0.276 e. The quantitative estimate of drug-likeness (QED) is 0.253. The third kappa shape index (κ3) is 4.21. The molecule has 26 heavy (non-hydrogen) atoms. The summed E-state index contributed by atoms with van der Waals surface area (Å²) in [6.07, 6.45) is -0.319. The summed E-state index contributed by atoms with van der Waals surface area (Å²) in [6.45, 7) is -0.631. The number of nitrogens with one attached hydrogen (secondary N) is 3. The predicted octanol–water partition coefficient (Wildman–Crippen LogP) is -2.95. The average molecular weight is 369 g/mol. The van der Waals surface area contributed by atoms with E-state index >= 15 is 0 Å². The third-order valence-electron chi connectivity index (χ3n) is 3.78. The molecule has 0 radical (unpaired) electrons. The average Bonchev–Trinajstić information content (AvgIpc) is 3.01. The number of carbonyl (C=O) groups is 1. The number of rotatable bonds is 7. The van der Waals surface area contributed by atoms with Crippen LogP contribution in [-0.2, 0) is 7.05 Å². The molecule has 2 aromatic rings. The van der Waals surface area contributed by atoms with Crippen LogP contribution in [-0.4, -0.2) is 49.0 Å². The Balaban J connectivity index is 2.18. The minimum Gasteiger partial charge on any atom is -0.595 e. The van der Waals surface area contributed by atoms with Gasteiger partial charge in [-0.05, 0) is 5.56 Å². The van der Waals surface area contributed by atoms with Gasteiger partial charge < -0.3 is 25.9 Å². The molecule has 0 aliphatic carbocycles. The number of aryl methyl sites for hydroxylation is 1. The van der Waals surface area contributed by atoms with Crippen LogP contribution >= 0.6 is 0 Å². The Bertz CT molecular complexity index is 747. The van der Waals surface area contributed by atoms with Gasteiger partial charge in [0.25, 0.3) is 5.91 Å². The van der Waals surface area contributed by atoms with Gasteiger partial charge in [0, 0.05) is 19.2 Å². The fraction of sp³-hybridized carbons (Fsp3) is 0.286. The molecule has 4 unspecified atom stereocenters. The summed E-state index contributed by atoms with van der Waals surface area (Å²) in [5.41, 5.74) is -0.254. The fourth-order valence-corrected chi connectivity index (χ4v) is 2.38. The minimum atomic E-state index is -1.34. The van der Waals surface area contributed by atoms with Crippen molar-refractivity contribution in [3.8, 4) is 0 Å². The maximum atomic E-state index is 12.4. The summed E-state index contributed by atoms with van der Waals surface area (Å²) < 4.78 is 1.07. The summed E-state index contributed by atoms with van der Waals surface area (Å²) in [6, 6.07) is 4.13. The molecule has 0 aliphatic heterocycles. The van der Waals surface area contributed by atoms with E-state index in [0.717, 1.165) is 10.9 Å². The lowest BCUT2D eigenvalue weighted by Gasteiger charge is -2.23. The van der Waals surface area contributed by atoms with E-state index in [2.05, 4.69) is 10.4 Å². The van der Waals surface area contributed by atoms with E-state index in [0.29, 0.717) is 0 Å². The lowest BCUT2D eigenvalue weighted by Crippen LogP contribution is -2.99. The van der Waals surface area contributed by atoms with Crippen molar-refractivity contribution < 1.29 is 35.9 Å². The van der Waals surface area contributed by atoms with E-state index in [9.17, 15) is 25.4 Å². The highest BCUT2D eigenvalue weighted by Crippen LogP contribution is 2.19. The van der Waals surface area contributed by atoms with E-state index < -0.39 is 35.1 Å². The molecule has 2 rings (SSSR count). The van der Waals surface area contributed by atoms with Gasteiger partial charge in [0.15, 0.2) is 11.4 Å². The first-order valence-electron chi connectivity index (χ1n) is 7.44. The SMILES string of the molecule is Cn1ncc([NH+]([O-])O)c1C(=O)NC(CO)C(O)c1ccc([NH+]([O-])O)cc1. The van der Waals surface area contributed by atoms with E-state index in [1.54, 1.807) is 0 Å². The van der Waals surface area contributed by atoms with Crippen LogP contribution in [0.15, 0.2) is 30.5 Å².